The van der Waals surface area contributed by atoms with E-state index in [9.17, 15) is 0 Å². The number of nitrogens with two attached hydrogens (primary N) is 1. The van der Waals surface area contributed by atoms with Crippen molar-refractivity contribution in [3.63, 3.8) is 0 Å². The van der Waals surface area contributed by atoms with Gasteiger partial charge in [-0.3, -0.25) is 0 Å². The summed E-state index contributed by atoms with van der Waals surface area (Å²) in [5, 5.41) is 0.572. The third-order valence-corrected chi connectivity index (χ3v) is 4.71. The van der Waals surface area contributed by atoms with Gasteiger partial charge in [0.2, 0.25) is 0 Å². The number of nitrogens with zero attached hydrogens (tertiary/aromatic N) is 1. The minimum Gasteiger partial charge on any atom is -0.388 e. The molecule has 2 aromatic rings. The molecule has 0 fully saturated rings. The fourth-order valence-corrected chi connectivity index (χ4v) is 3.87. The van der Waals surface area contributed by atoms with Crippen LogP contribution in [0.25, 0.3) is 0 Å². The molecule has 3 rings (SSSR count). The van der Waals surface area contributed by atoms with E-state index in [4.69, 9.17) is 18.0 Å². The molecule has 0 saturated heterocycles. The van der Waals surface area contributed by atoms with E-state index in [1.165, 1.54) is 10.5 Å². The lowest BCUT2D eigenvalue weighted by molar-refractivity contribution is 0.664. The Morgan fingerprint density at radius 2 is 2.17 bits per heavy atom. The number of hydrogen-bond donors (Lipinski definition) is 1. The van der Waals surface area contributed by atoms with Crippen LogP contribution in [0.4, 0.5) is 0 Å². The Hall–Kier alpha value is -1.26. The topological polar surface area (TPSA) is 30.9 Å². The molecular weight excluding hydrogens is 260 g/mol. The summed E-state index contributed by atoms with van der Waals surface area (Å²) in [5.41, 5.74) is 8.14. The number of benzene rings is 1. The van der Waals surface area contributed by atoms with Gasteiger partial charge in [-0.1, -0.05) is 30.4 Å². The predicted octanol–water partition coefficient (Wildman–Crippen LogP) is 2.84. The second-order valence-corrected chi connectivity index (χ2v) is 6.24. The minimum absolute atomic E-state index is 0.473. The van der Waals surface area contributed by atoms with E-state index < -0.39 is 0 Å². The fourth-order valence-electron chi connectivity index (χ4n) is 2.37. The van der Waals surface area contributed by atoms with Crippen molar-refractivity contribution >= 4 is 29.0 Å². The molecule has 1 aliphatic heterocycles. The normalized spacial score (nSPS) is 17.7. The summed E-state index contributed by atoms with van der Waals surface area (Å²) in [6.07, 6.45) is 3.17. The lowest BCUT2D eigenvalue weighted by atomic mass is 10.1. The van der Waals surface area contributed by atoms with E-state index in [0.717, 1.165) is 18.7 Å². The van der Waals surface area contributed by atoms with Crippen LogP contribution < -0.4 is 5.73 Å². The predicted molar refractivity (Wildman–Crippen MR) is 80.1 cm³/mol. The Morgan fingerprint density at radius 3 is 2.94 bits per heavy atom. The molecule has 18 heavy (non-hydrogen) atoms. The van der Waals surface area contributed by atoms with Crippen LogP contribution in [0.1, 0.15) is 11.3 Å². The van der Waals surface area contributed by atoms with Gasteiger partial charge in [-0.15, -0.1) is 11.8 Å². The molecular formula is C14H14N2S2. The quantitative estimate of drug-likeness (QED) is 0.873. The van der Waals surface area contributed by atoms with Crippen LogP contribution in [0.15, 0.2) is 47.5 Å². The second kappa shape index (κ2) is 4.78. The Morgan fingerprint density at radius 1 is 1.33 bits per heavy atom. The molecule has 4 heteroatoms. The van der Waals surface area contributed by atoms with E-state index >= 15 is 0 Å². The van der Waals surface area contributed by atoms with Gasteiger partial charge >= 0.3 is 0 Å². The van der Waals surface area contributed by atoms with Crippen LogP contribution in [-0.4, -0.2) is 14.8 Å². The highest BCUT2D eigenvalue weighted by atomic mass is 32.2. The molecule has 2 nitrogen and oxygen atoms in total. The minimum atomic E-state index is 0.473. The Bertz CT molecular complexity index is 564. The van der Waals surface area contributed by atoms with E-state index in [-0.39, 0.29) is 0 Å². The van der Waals surface area contributed by atoms with Gasteiger partial charge in [-0.2, -0.15) is 0 Å². The number of rotatable bonds is 3. The molecule has 0 amide bonds. The maximum Gasteiger partial charge on any atom is 0.120 e. The van der Waals surface area contributed by atoms with Gasteiger partial charge in [0, 0.05) is 22.9 Å². The van der Waals surface area contributed by atoms with Crippen molar-refractivity contribution in [2.24, 2.45) is 5.73 Å². The van der Waals surface area contributed by atoms with Crippen molar-refractivity contribution in [2.45, 2.75) is 23.1 Å². The Kier molecular flexibility index (Phi) is 3.14. The third-order valence-electron chi connectivity index (χ3n) is 3.20. The molecule has 2 N–H and O–H groups in total. The first-order chi connectivity index (χ1) is 8.74. The van der Waals surface area contributed by atoms with Gasteiger partial charge in [0.05, 0.1) is 5.69 Å². The van der Waals surface area contributed by atoms with Gasteiger partial charge in [0.1, 0.15) is 4.99 Å². The largest absolute Gasteiger partial charge is 0.388 e. The first-order valence-electron chi connectivity index (χ1n) is 5.93. The molecule has 1 aliphatic rings. The molecule has 2 heterocycles. The van der Waals surface area contributed by atoms with Crippen LogP contribution in [-0.2, 0) is 13.0 Å². The summed E-state index contributed by atoms with van der Waals surface area (Å²) in [7, 11) is 0. The standard InChI is InChI=1S/C14H14N2S2/c15-14(17)12-5-3-7-16(12)9-11-8-10-4-1-2-6-13(10)18-11/h1-7,11H,8-9H2,(H2,15,17). The van der Waals surface area contributed by atoms with E-state index in [2.05, 4.69) is 35.0 Å². The van der Waals surface area contributed by atoms with E-state index in [0.29, 0.717) is 10.2 Å². The smallest absolute Gasteiger partial charge is 0.120 e. The van der Waals surface area contributed by atoms with Crippen LogP contribution in [0.3, 0.4) is 0 Å². The highest BCUT2D eigenvalue weighted by Crippen LogP contribution is 2.37. The van der Waals surface area contributed by atoms with E-state index in [1.54, 1.807) is 0 Å². The first kappa shape index (κ1) is 11.8. The molecule has 0 saturated carbocycles. The Balaban J connectivity index is 1.76. The molecule has 1 aromatic carbocycles. The van der Waals surface area contributed by atoms with Gasteiger partial charge in [-0.05, 0) is 30.2 Å². The molecule has 1 atom stereocenters. The number of thioether (sulfide) groups is 1. The van der Waals surface area contributed by atoms with Crippen molar-refractivity contribution < 1.29 is 0 Å². The Labute approximate surface area is 116 Å². The highest BCUT2D eigenvalue weighted by Gasteiger charge is 2.22. The zero-order chi connectivity index (χ0) is 12.5. The first-order valence-corrected chi connectivity index (χ1v) is 7.22. The summed E-state index contributed by atoms with van der Waals surface area (Å²) in [6, 6.07) is 12.6. The molecule has 1 aromatic heterocycles. The molecule has 0 aliphatic carbocycles. The molecule has 0 bridgehead atoms. The molecule has 0 radical (unpaired) electrons. The van der Waals surface area contributed by atoms with Gasteiger partial charge in [-0.25, -0.2) is 0 Å². The van der Waals surface area contributed by atoms with Crippen LogP contribution in [0.2, 0.25) is 0 Å². The maximum absolute atomic E-state index is 5.72. The number of thiocarbonyl (C=S) groups is 1. The van der Waals surface area contributed by atoms with Crippen molar-refractivity contribution in [1.29, 1.82) is 0 Å². The molecule has 1 unspecified atom stereocenters. The molecule has 0 spiro atoms. The van der Waals surface area contributed by atoms with Crippen LogP contribution in [0, 0.1) is 0 Å². The monoisotopic (exact) mass is 274 g/mol. The summed E-state index contributed by atoms with van der Waals surface area (Å²) >= 11 is 7.01. The maximum atomic E-state index is 5.72. The fraction of sp³-hybridized carbons (Fsp3) is 0.214. The SMILES string of the molecule is NC(=S)c1cccn1CC1Cc2ccccc2S1. The highest BCUT2D eigenvalue weighted by molar-refractivity contribution is 8.00. The summed E-state index contributed by atoms with van der Waals surface area (Å²) < 4.78 is 2.16. The van der Waals surface area contributed by atoms with Gasteiger partial charge < -0.3 is 10.3 Å². The van der Waals surface area contributed by atoms with Crippen molar-refractivity contribution in [1.82, 2.24) is 4.57 Å². The number of fused-ring (bicyclic) bond motifs is 1. The van der Waals surface area contributed by atoms with E-state index in [1.807, 2.05) is 23.9 Å². The summed E-state index contributed by atoms with van der Waals surface area (Å²) in [6.45, 7) is 0.957. The third kappa shape index (κ3) is 2.18. The zero-order valence-electron chi connectivity index (χ0n) is 9.87. The summed E-state index contributed by atoms with van der Waals surface area (Å²) in [4.78, 5) is 1.88. The number of aromatic nitrogens is 1. The van der Waals surface area contributed by atoms with Crippen molar-refractivity contribution in [3.05, 3.63) is 53.9 Å². The second-order valence-electron chi connectivity index (χ2n) is 4.46. The van der Waals surface area contributed by atoms with Crippen LogP contribution in [0.5, 0.6) is 0 Å². The van der Waals surface area contributed by atoms with Crippen LogP contribution >= 0.6 is 24.0 Å². The summed E-state index contributed by atoms with van der Waals surface area (Å²) in [5.74, 6) is 0. The number of hydrogen-bond acceptors (Lipinski definition) is 2. The van der Waals surface area contributed by atoms with Gasteiger partial charge in [0.15, 0.2) is 0 Å². The van der Waals surface area contributed by atoms with Crippen molar-refractivity contribution in [2.75, 3.05) is 0 Å². The average molecular weight is 274 g/mol. The lowest BCUT2D eigenvalue weighted by Crippen LogP contribution is -2.19. The molecule has 92 valence electrons. The average Bonchev–Trinajstić information content (AvgIpc) is 2.94. The zero-order valence-corrected chi connectivity index (χ0v) is 11.5. The van der Waals surface area contributed by atoms with Gasteiger partial charge in [0.25, 0.3) is 0 Å². The van der Waals surface area contributed by atoms with Crippen molar-refractivity contribution in [3.8, 4) is 0 Å². The lowest BCUT2D eigenvalue weighted by Gasteiger charge is -2.12.